The van der Waals surface area contributed by atoms with Crippen LogP contribution in [0.5, 0.6) is 0 Å². The molecule has 10 heteroatoms. The summed E-state index contributed by atoms with van der Waals surface area (Å²) in [5, 5.41) is -0.269. The highest BCUT2D eigenvalue weighted by Crippen LogP contribution is 2.29. The fraction of sp³-hybridized carbons (Fsp3) is 0.312. The molecule has 1 atom stereocenters. The smallest absolute Gasteiger partial charge is 0.270 e. The Hall–Kier alpha value is -2.36. The lowest BCUT2D eigenvalue weighted by molar-refractivity contribution is -0.119. The number of hydrogen-bond acceptors (Lipinski definition) is 5. The molecule has 140 valence electrons. The molecule has 1 aromatic carbocycles. The minimum Gasteiger partial charge on any atom is -0.368 e. The molecule has 1 aromatic heterocycles. The van der Waals surface area contributed by atoms with E-state index in [0.29, 0.717) is 0 Å². The van der Waals surface area contributed by atoms with Gasteiger partial charge in [-0.1, -0.05) is 17.7 Å². The van der Waals surface area contributed by atoms with Gasteiger partial charge in [-0.15, -0.1) is 0 Å². The van der Waals surface area contributed by atoms with Crippen molar-refractivity contribution in [2.45, 2.75) is 32.1 Å². The standard InChI is InChI=1S/C16H17ClF2N4O3/c1-16(2,26-6-7-3-4-8(18)5-9(7)19)12-10(17)15(25)23-14(22-12)11(20)13(21)24/h3-5,11H,6,20H2,1-2H3,(H2,21,24)(H,22,23,25). The molecule has 1 unspecified atom stereocenters. The van der Waals surface area contributed by atoms with E-state index in [1.165, 1.54) is 6.07 Å². The summed E-state index contributed by atoms with van der Waals surface area (Å²) in [6.07, 6.45) is 0. The minimum absolute atomic E-state index is 0.00265. The fourth-order valence-corrected chi connectivity index (χ4v) is 2.44. The van der Waals surface area contributed by atoms with E-state index in [1.807, 2.05) is 0 Å². The van der Waals surface area contributed by atoms with Gasteiger partial charge in [0.05, 0.1) is 12.3 Å². The lowest BCUT2D eigenvalue weighted by Crippen LogP contribution is -2.34. The van der Waals surface area contributed by atoms with Crippen LogP contribution in [0.4, 0.5) is 8.78 Å². The molecule has 0 aliphatic heterocycles. The van der Waals surface area contributed by atoms with Gasteiger partial charge in [0.15, 0.2) is 0 Å². The Balaban J connectivity index is 2.35. The van der Waals surface area contributed by atoms with Crippen LogP contribution in [0.15, 0.2) is 23.0 Å². The number of aromatic amines is 1. The molecule has 0 saturated carbocycles. The third-order valence-corrected chi connectivity index (χ3v) is 4.01. The van der Waals surface area contributed by atoms with Crippen LogP contribution in [0.1, 0.15) is 37.0 Å². The molecule has 2 aromatic rings. The maximum Gasteiger partial charge on any atom is 0.270 e. The van der Waals surface area contributed by atoms with E-state index in [0.717, 1.165) is 12.1 Å². The van der Waals surface area contributed by atoms with Crippen LogP contribution >= 0.6 is 11.6 Å². The number of ether oxygens (including phenoxy) is 1. The van der Waals surface area contributed by atoms with Crippen molar-refractivity contribution in [1.82, 2.24) is 9.97 Å². The Kier molecular flexibility index (Phi) is 5.74. The maximum absolute atomic E-state index is 13.7. The summed E-state index contributed by atoms with van der Waals surface area (Å²) < 4.78 is 32.4. The monoisotopic (exact) mass is 386 g/mol. The number of halogens is 3. The van der Waals surface area contributed by atoms with Crippen molar-refractivity contribution < 1.29 is 18.3 Å². The van der Waals surface area contributed by atoms with Gasteiger partial charge >= 0.3 is 0 Å². The Labute approximate surface area is 152 Å². The SMILES string of the molecule is CC(C)(OCc1ccc(F)cc1F)c1nc(C(N)C(N)=O)[nH]c(=O)c1Cl. The van der Waals surface area contributed by atoms with Crippen LogP contribution in [0.2, 0.25) is 5.02 Å². The Bertz CT molecular complexity index is 902. The van der Waals surface area contributed by atoms with E-state index in [1.54, 1.807) is 13.8 Å². The molecule has 7 nitrogen and oxygen atoms in total. The molecule has 1 heterocycles. The Morgan fingerprint density at radius 2 is 2.08 bits per heavy atom. The molecule has 0 aliphatic carbocycles. The molecule has 0 bridgehead atoms. The van der Waals surface area contributed by atoms with E-state index in [4.69, 9.17) is 27.8 Å². The summed E-state index contributed by atoms with van der Waals surface area (Å²) in [5.74, 6) is -2.56. The second kappa shape index (κ2) is 7.48. The number of rotatable bonds is 6. The highest BCUT2D eigenvalue weighted by atomic mass is 35.5. The molecular weight excluding hydrogens is 370 g/mol. The van der Waals surface area contributed by atoms with Crippen molar-refractivity contribution in [2.75, 3.05) is 0 Å². The molecule has 1 amide bonds. The molecule has 0 spiro atoms. The summed E-state index contributed by atoms with van der Waals surface area (Å²) in [7, 11) is 0. The van der Waals surface area contributed by atoms with Crippen molar-refractivity contribution in [3.05, 3.63) is 62.3 Å². The predicted molar refractivity (Wildman–Crippen MR) is 90.2 cm³/mol. The zero-order chi connectivity index (χ0) is 19.6. The van der Waals surface area contributed by atoms with E-state index >= 15 is 0 Å². The van der Waals surface area contributed by atoms with Crippen LogP contribution in [-0.2, 0) is 21.7 Å². The van der Waals surface area contributed by atoms with Gasteiger partial charge in [-0.25, -0.2) is 13.8 Å². The van der Waals surface area contributed by atoms with Crippen molar-refractivity contribution in [1.29, 1.82) is 0 Å². The van der Waals surface area contributed by atoms with Crippen LogP contribution in [0.3, 0.4) is 0 Å². The van der Waals surface area contributed by atoms with Crippen molar-refractivity contribution in [2.24, 2.45) is 11.5 Å². The second-order valence-corrected chi connectivity index (χ2v) is 6.41. The van der Waals surface area contributed by atoms with Crippen molar-refractivity contribution >= 4 is 17.5 Å². The molecule has 0 fully saturated rings. The van der Waals surface area contributed by atoms with Gasteiger partial charge in [-0.05, 0) is 19.9 Å². The lowest BCUT2D eigenvalue weighted by atomic mass is 10.0. The van der Waals surface area contributed by atoms with Crippen LogP contribution in [0.25, 0.3) is 0 Å². The van der Waals surface area contributed by atoms with Crippen LogP contribution in [0, 0.1) is 11.6 Å². The number of primary amides is 1. The number of carbonyl (C=O) groups excluding carboxylic acids is 1. The first-order valence-electron chi connectivity index (χ1n) is 7.46. The molecule has 26 heavy (non-hydrogen) atoms. The van der Waals surface area contributed by atoms with Crippen molar-refractivity contribution in [3.8, 4) is 0 Å². The molecule has 0 radical (unpaired) electrons. The van der Waals surface area contributed by atoms with E-state index in [-0.39, 0.29) is 28.7 Å². The van der Waals surface area contributed by atoms with Gasteiger partial charge < -0.3 is 21.2 Å². The van der Waals surface area contributed by atoms with E-state index in [9.17, 15) is 18.4 Å². The fourth-order valence-electron chi connectivity index (χ4n) is 2.12. The first-order valence-corrected chi connectivity index (χ1v) is 7.83. The molecular formula is C16H17ClF2N4O3. The average molecular weight is 387 g/mol. The maximum atomic E-state index is 13.7. The number of hydrogen-bond donors (Lipinski definition) is 3. The van der Waals surface area contributed by atoms with Gasteiger partial charge in [-0.3, -0.25) is 9.59 Å². The number of aromatic nitrogens is 2. The number of nitrogens with one attached hydrogen (secondary N) is 1. The summed E-state index contributed by atoms with van der Waals surface area (Å²) in [6, 6.07) is 1.72. The molecule has 0 aliphatic rings. The second-order valence-electron chi connectivity index (χ2n) is 6.03. The summed E-state index contributed by atoms with van der Waals surface area (Å²) in [6.45, 7) is 2.85. The first-order chi connectivity index (χ1) is 12.0. The van der Waals surface area contributed by atoms with Gasteiger partial charge in [0.1, 0.15) is 34.1 Å². The third-order valence-electron chi connectivity index (χ3n) is 3.66. The zero-order valence-corrected chi connectivity index (χ0v) is 14.7. The lowest BCUT2D eigenvalue weighted by Gasteiger charge is -2.26. The van der Waals surface area contributed by atoms with E-state index < -0.39 is 34.7 Å². The zero-order valence-electron chi connectivity index (χ0n) is 14.0. The van der Waals surface area contributed by atoms with Crippen LogP contribution in [-0.4, -0.2) is 15.9 Å². The highest BCUT2D eigenvalue weighted by Gasteiger charge is 2.30. The Morgan fingerprint density at radius 1 is 1.42 bits per heavy atom. The summed E-state index contributed by atoms with van der Waals surface area (Å²) in [5.41, 5.74) is 8.83. The quantitative estimate of drug-likeness (QED) is 0.696. The third kappa shape index (κ3) is 4.24. The summed E-state index contributed by atoms with van der Waals surface area (Å²) in [4.78, 5) is 29.6. The molecule has 2 rings (SSSR count). The normalized spacial score (nSPS) is 12.8. The number of amides is 1. The number of nitrogens with zero attached hydrogens (tertiary/aromatic N) is 1. The van der Waals surface area contributed by atoms with E-state index in [2.05, 4.69) is 9.97 Å². The topological polar surface area (TPSA) is 124 Å². The first kappa shape index (κ1) is 20.0. The average Bonchev–Trinajstić information content (AvgIpc) is 2.55. The number of H-pyrrole nitrogens is 1. The largest absolute Gasteiger partial charge is 0.368 e. The molecule has 5 N–H and O–H groups in total. The van der Waals surface area contributed by atoms with Crippen molar-refractivity contribution in [3.63, 3.8) is 0 Å². The van der Waals surface area contributed by atoms with Gasteiger partial charge in [0, 0.05) is 11.6 Å². The van der Waals surface area contributed by atoms with Gasteiger partial charge in [0.2, 0.25) is 5.91 Å². The minimum atomic E-state index is -1.34. The van der Waals surface area contributed by atoms with Gasteiger partial charge in [0.25, 0.3) is 5.56 Å². The molecule has 0 saturated heterocycles. The van der Waals surface area contributed by atoms with Gasteiger partial charge in [-0.2, -0.15) is 0 Å². The number of nitrogens with two attached hydrogens (primary N) is 2. The summed E-state index contributed by atoms with van der Waals surface area (Å²) >= 11 is 6.00. The number of carbonyl (C=O) groups is 1. The highest BCUT2D eigenvalue weighted by molar-refractivity contribution is 6.31. The predicted octanol–water partition coefficient (Wildman–Crippen LogP) is 1.64. The Morgan fingerprint density at radius 3 is 2.65 bits per heavy atom. The van der Waals surface area contributed by atoms with Crippen LogP contribution < -0.4 is 17.0 Å². The number of benzene rings is 1.